The minimum Gasteiger partial charge on any atom is -0.462 e. The van der Waals surface area contributed by atoms with E-state index in [2.05, 4.69) is 27.7 Å². The van der Waals surface area contributed by atoms with Gasteiger partial charge in [0.15, 0.2) is 0 Å². The third kappa shape index (κ3) is 4.82. The summed E-state index contributed by atoms with van der Waals surface area (Å²) in [4.78, 5) is 11.8. The molecule has 0 aliphatic heterocycles. The van der Waals surface area contributed by atoms with E-state index < -0.39 is 0 Å². The smallest absolute Gasteiger partial charge is 0.333 e. The highest BCUT2D eigenvalue weighted by molar-refractivity contribution is 5.88. The molecule has 0 aromatic rings. The highest BCUT2D eigenvalue weighted by atomic mass is 16.5. The van der Waals surface area contributed by atoms with Gasteiger partial charge in [-0.2, -0.15) is 0 Å². The Morgan fingerprint density at radius 2 is 1.44 bits per heavy atom. The standard InChI is InChI=1S/C14H26O2/c1-9(2)8-16-14(15)12(7)13(10(3)4)11(5)6/h9-11H,8H2,1-7H3. The maximum Gasteiger partial charge on any atom is 0.333 e. The van der Waals surface area contributed by atoms with Crippen LogP contribution in [0, 0.1) is 17.8 Å². The maximum absolute atomic E-state index is 11.8. The Morgan fingerprint density at radius 3 is 1.75 bits per heavy atom. The number of carbonyl (C=O) groups excluding carboxylic acids is 1. The molecule has 0 aromatic carbocycles. The number of carbonyl (C=O) groups is 1. The first-order valence-electron chi connectivity index (χ1n) is 6.15. The normalized spacial score (nSPS) is 11.1. The zero-order valence-electron chi connectivity index (χ0n) is 11.8. The number of rotatable bonds is 5. The lowest BCUT2D eigenvalue weighted by Gasteiger charge is -2.19. The van der Waals surface area contributed by atoms with Crippen molar-refractivity contribution in [3.05, 3.63) is 11.1 Å². The predicted octanol–water partition coefficient (Wildman–Crippen LogP) is 3.81. The van der Waals surface area contributed by atoms with Gasteiger partial charge in [-0.25, -0.2) is 4.79 Å². The first-order chi connectivity index (χ1) is 7.27. The number of esters is 1. The number of allylic oxidation sites excluding steroid dienone is 1. The molecule has 0 aliphatic rings. The van der Waals surface area contributed by atoms with E-state index >= 15 is 0 Å². The van der Waals surface area contributed by atoms with Crippen LogP contribution in [0.2, 0.25) is 0 Å². The average Bonchev–Trinajstić information content (AvgIpc) is 2.12. The Labute approximate surface area is 100 Å². The molecule has 0 radical (unpaired) electrons. The summed E-state index contributed by atoms with van der Waals surface area (Å²) in [5.41, 5.74) is 1.99. The van der Waals surface area contributed by atoms with Crippen LogP contribution in [0.5, 0.6) is 0 Å². The highest BCUT2D eigenvalue weighted by Gasteiger charge is 2.17. The van der Waals surface area contributed by atoms with Crippen molar-refractivity contribution in [2.24, 2.45) is 17.8 Å². The fourth-order valence-electron chi connectivity index (χ4n) is 2.00. The van der Waals surface area contributed by atoms with Crippen LogP contribution in [0.4, 0.5) is 0 Å². The van der Waals surface area contributed by atoms with Gasteiger partial charge in [-0.1, -0.05) is 47.1 Å². The Bertz CT molecular complexity index is 250. The molecule has 94 valence electrons. The molecule has 0 unspecified atom stereocenters. The molecular formula is C14H26O2. The van der Waals surface area contributed by atoms with Gasteiger partial charge in [0.1, 0.15) is 0 Å². The molecule has 2 nitrogen and oxygen atoms in total. The average molecular weight is 226 g/mol. The zero-order valence-corrected chi connectivity index (χ0v) is 11.8. The van der Waals surface area contributed by atoms with Crippen LogP contribution in [0.1, 0.15) is 48.5 Å². The van der Waals surface area contributed by atoms with Crippen LogP contribution in [0.25, 0.3) is 0 Å². The van der Waals surface area contributed by atoms with Crippen molar-refractivity contribution in [1.82, 2.24) is 0 Å². The largest absolute Gasteiger partial charge is 0.462 e. The Hall–Kier alpha value is -0.790. The summed E-state index contributed by atoms with van der Waals surface area (Å²) in [5, 5.41) is 0. The molecule has 0 amide bonds. The molecule has 0 rings (SSSR count). The topological polar surface area (TPSA) is 26.3 Å². The van der Waals surface area contributed by atoms with Crippen molar-refractivity contribution < 1.29 is 9.53 Å². The molecule has 0 fully saturated rings. The minimum absolute atomic E-state index is 0.161. The van der Waals surface area contributed by atoms with Crippen molar-refractivity contribution in [3.63, 3.8) is 0 Å². The van der Waals surface area contributed by atoms with Gasteiger partial charge in [0.25, 0.3) is 0 Å². The fourth-order valence-corrected chi connectivity index (χ4v) is 2.00. The predicted molar refractivity (Wildman–Crippen MR) is 68.2 cm³/mol. The van der Waals surface area contributed by atoms with E-state index in [0.29, 0.717) is 24.4 Å². The van der Waals surface area contributed by atoms with Crippen molar-refractivity contribution in [3.8, 4) is 0 Å². The lowest BCUT2D eigenvalue weighted by Crippen LogP contribution is -2.16. The first kappa shape index (κ1) is 15.2. The lowest BCUT2D eigenvalue weighted by atomic mass is 9.88. The molecule has 0 aromatic heterocycles. The summed E-state index contributed by atoms with van der Waals surface area (Å²) < 4.78 is 5.25. The molecule has 0 saturated carbocycles. The van der Waals surface area contributed by atoms with E-state index in [0.717, 1.165) is 5.57 Å². The molecule has 2 heteroatoms. The van der Waals surface area contributed by atoms with E-state index in [9.17, 15) is 4.79 Å². The second-order valence-electron chi connectivity index (χ2n) is 5.38. The fraction of sp³-hybridized carbons (Fsp3) is 0.786. The third-order valence-electron chi connectivity index (χ3n) is 2.53. The zero-order chi connectivity index (χ0) is 12.9. The third-order valence-corrected chi connectivity index (χ3v) is 2.53. The van der Waals surface area contributed by atoms with Gasteiger partial charge in [0.2, 0.25) is 0 Å². The van der Waals surface area contributed by atoms with Crippen molar-refractivity contribution in [1.29, 1.82) is 0 Å². The van der Waals surface area contributed by atoms with E-state index in [1.165, 1.54) is 5.57 Å². The molecular weight excluding hydrogens is 200 g/mol. The first-order valence-corrected chi connectivity index (χ1v) is 6.15. The van der Waals surface area contributed by atoms with Gasteiger partial charge < -0.3 is 4.74 Å². The lowest BCUT2D eigenvalue weighted by molar-refractivity contribution is -0.140. The van der Waals surface area contributed by atoms with Crippen molar-refractivity contribution in [2.45, 2.75) is 48.5 Å². The summed E-state index contributed by atoms with van der Waals surface area (Å²) in [5.74, 6) is 1.02. The maximum atomic E-state index is 11.8. The Morgan fingerprint density at radius 1 is 1.00 bits per heavy atom. The molecule has 16 heavy (non-hydrogen) atoms. The van der Waals surface area contributed by atoms with E-state index in [-0.39, 0.29) is 5.97 Å². The molecule has 0 spiro atoms. The summed E-state index contributed by atoms with van der Waals surface area (Å²) in [7, 11) is 0. The second-order valence-corrected chi connectivity index (χ2v) is 5.38. The molecule has 0 heterocycles. The monoisotopic (exact) mass is 226 g/mol. The summed E-state index contributed by atoms with van der Waals surface area (Å²) >= 11 is 0. The number of hydrogen-bond donors (Lipinski definition) is 0. The van der Waals surface area contributed by atoms with Gasteiger partial charge in [-0.15, -0.1) is 0 Å². The molecule has 0 atom stereocenters. The van der Waals surface area contributed by atoms with E-state index in [1.807, 2.05) is 20.8 Å². The van der Waals surface area contributed by atoms with E-state index in [1.54, 1.807) is 0 Å². The summed E-state index contributed by atoms with van der Waals surface area (Å²) in [6, 6.07) is 0. The summed E-state index contributed by atoms with van der Waals surface area (Å²) in [6.07, 6.45) is 0. The van der Waals surface area contributed by atoms with Crippen LogP contribution in [-0.4, -0.2) is 12.6 Å². The van der Waals surface area contributed by atoms with Crippen LogP contribution >= 0.6 is 0 Å². The van der Waals surface area contributed by atoms with E-state index in [4.69, 9.17) is 4.74 Å². The van der Waals surface area contributed by atoms with Crippen molar-refractivity contribution >= 4 is 5.97 Å². The van der Waals surface area contributed by atoms with Crippen molar-refractivity contribution in [2.75, 3.05) is 6.61 Å². The van der Waals surface area contributed by atoms with Gasteiger partial charge >= 0.3 is 5.97 Å². The quantitative estimate of drug-likeness (QED) is 0.526. The van der Waals surface area contributed by atoms with Gasteiger partial charge in [-0.05, 0) is 24.7 Å². The van der Waals surface area contributed by atoms with Crippen LogP contribution < -0.4 is 0 Å². The molecule has 0 bridgehead atoms. The second kappa shape index (κ2) is 6.72. The number of hydrogen-bond acceptors (Lipinski definition) is 2. The Balaban J connectivity index is 4.75. The van der Waals surface area contributed by atoms with Gasteiger partial charge in [-0.3, -0.25) is 0 Å². The number of ether oxygens (including phenoxy) is 1. The minimum atomic E-state index is -0.161. The molecule has 0 N–H and O–H groups in total. The Kier molecular flexibility index (Phi) is 6.39. The van der Waals surface area contributed by atoms with Crippen LogP contribution in [-0.2, 0) is 9.53 Å². The van der Waals surface area contributed by atoms with Gasteiger partial charge in [0, 0.05) is 5.57 Å². The molecule has 0 aliphatic carbocycles. The van der Waals surface area contributed by atoms with Gasteiger partial charge in [0.05, 0.1) is 6.61 Å². The SMILES string of the molecule is CC(C(=O)OCC(C)C)=C(C(C)C)C(C)C. The highest BCUT2D eigenvalue weighted by Crippen LogP contribution is 2.24. The van der Waals surface area contributed by atoms with Crippen LogP contribution in [0.15, 0.2) is 11.1 Å². The summed E-state index contributed by atoms with van der Waals surface area (Å²) in [6.45, 7) is 14.9. The molecule has 0 saturated heterocycles. The van der Waals surface area contributed by atoms with Crippen LogP contribution in [0.3, 0.4) is 0 Å².